The van der Waals surface area contributed by atoms with Crippen LogP contribution in [0, 0.1) is 5.41 Å². The lowest BCUT2D eigenvalue weighted by molar-refractivity contribution is -0.150. The summed E-state index contributed by atoms with van der Waals surface area (Å²) >= 11 is 0. The van der Waals surface area contributed by atoms with E-state index in [0.29, 0.717) is 22.5 Å². The molecular formula is C28H30O5. The van der Waals surface area contributed by atoms with Crippen molar-refractivity contribution in [2.45, 2.75) is 59.2 Å². The number of hydrogen-bond donors (Lipinski definition) is 0. The second-order valence-corrected chi connectivity index (χ2v) is 9.34. The van der Waals surface area contributed by atoms with Crippen molar-refractivity contribution in [3.05, 3.63) is 76.7 Å². The minimum atomic E-state index is -0.373. The Morgan fingerprint density at radius 1 is 1.09 bits per heavy atom. The van der Waals surface area contributed by atoms with Gasteiger partial charge in [0.25, 0.3) is 0 Å². The van der Waals surface area contributed by atoms with Crippen LogP contribution in [-0.4, -0.2) is 18.2 Å². The smallest absolute Gasteiger partial charge is 0.344 e. The molecule has 0 spiro atoms. The molecule has 1 aromatic heterocycles. The summed E-state index contributed by atoms with van der Waals surface area (Å²) in [7, 11) is 0. The van der Waals surface area contributed by atoms with Crippen molar-refractivity contribution < 1.29 is 18.7 Å². The van der Waals surface area contributed by atoms with E-state index in [2.05, 4.69) is 13.5 Å². The summed E-state index contributed by atoms with van der Waals surface area (Å²) in [6.07, 6.45) is 1.93. The number of ether oxygens (including phenoxy) is 2. The van der Waals surface area contributed by atoms with Crippen molar-refractivity contribution in [2.75, 3.05) is 0 Å². The number of hydrogen-bond acceptors (Lipinski definition) is 5. The molecular weight excluding hydrogens is 416 g/mol. The standard InChI is InChI=1S/C28H30O5/c1-6-18-9-7-8-10-21(18)22-15-19-11-12-20(16-23(19)32-27(22)30)31-24-13-14-25(28(24,4)5)33-26(29)17(2)3/h7-12,15-16,24-25H,2,6,13-14H2,1,3-5H3. The molecule has 5 nitrogen and oxygen atoms in total. The number of esters is 1. The third-order valence-corrected chi connectivity index (χ3v) is 6.62. The van der Waals surface area contributed by atoms with E-state index in [1.807, 2.05) is 56.3 Å². The first kappa shape index (κ1) is 22.8. The Morgan fingerprint density at radius 2 is 1.82 bits per heavy atom. The minimum Gasteiger partial charge on any atom is -0.490 e. The minimum absolute atomic E-state index is 0.139. The fourth-order valence-corrected chi connectivity index (χ4v) is 4.51. The molecule has 2 aromatic carbocycles. The van der Waals surface area contributed by atoms with Crippen molar-refractivity contribution in [3.8, 4) is 16.9 Å². The van der Waals surface area contributed by atoms with E-state index in [0.717, 1.165) is 35.8 Å². The van der Waals surface area contributed by atoms with E-state index in [1.54, 1.807) is 13.0 Å². The highest BCUT2D eigenvalue weighted by Crippen LogP contribution is 2.42. The van der Waals surface area contributed by atoms with Crippen LogP contribution in [0.2, 0.25) is 0 Å². The predicted molar refractivity (Wildman–Crippen MR) is 129 cm³/mol. The summed E-state index contributed by atoms with van der Waals surface area (Å²) in [4.78, 5) is 24.8. The van der Waals surface area contributed by atoms with Gasteiger partial charge in [0.1, 0.15) is 23.5 Å². The molecule has 3 aromatic rings. The van der Waals surface area contributed by atoms with Gasteiger partial charge in [0, 0.05) is 22.4 Å². The molecule has 0 aliphatic heterocycles. The molecule has 0 bridgehead atoms. The van der Waals surface area contributed by atoms with Crippen LogP contribution in [0.5, 0.6) is 5.75 Å². The number of fused-ring (bicyclic) bond motifs is 1. The van der Waals surface area contributed by atoms with Crippen LogP contribution in [-0.2, 0) is 16.0 Å². The Hall–Kier alpha value is -3.34. The normalized spacial score (nSPS) is 19.4. The first-order valence-electron chi connectivity index (χ1n) is 11.4. The van der Waals surface area contributed by atoms with Gasteiger partial charge in [0.05, 0.1) is 5.56 Å². The monoisotopic (exact) mass is 446 g/mol. The van der Waals surface area contributed by atoms with E-state index in [-0.39, 0.29) is 29.2 Å². The van der Waals surface area contributed by atoms with E-state index >= 15 is 0 Å². The summed E-state index contributed by atoms with van der Waals surface area (Å²) in [5.74, 6) is 0.249. The molecule has 0 amide bonds. The summed E-state index contributed by atoms with van der Waals surface area (Å²) in [5, 5.41) is 0.835. The molecule has 0 saturated heterocycles. The van der Waals surface area contributed by atoms with Gasteiger partial charge in [-0.1, -0.05) is 51.6 Å². The summed E-state index contributed by atoms with van der Waals surface area (Å²) in [6.45, 7) is 11.5. The van der Waals surface area contributed by atoms with E-state index in [4.69, 9.17) is 13.9 Å². The van der Waals surface area contributed by atoms with Crippen LogP contribution in [0.25, 0.3) is 22.1 Å². The Labute approximate surface area is 194 Å². The second-order valence-electron chi connectivity index (χ2n) is 9.34. The lowest BCUT2D eigenvalue weighted by atomic mass is 9.86. The fourth-order valence-electron chi connectivity index (χ4n) is 4.51. The lowest BCUT2D eigenvalue weighted by Crippen LogP contribution is -2.38. The first-order chi connectivity index (χ1) is 15.7. The van der Waals surface area contributed by atoms with E-state index < -0.39 is 0 Å². The molecule has 33 heavy (non-hydrogen) atoms. The van der Waals surface area contributed by atoms with E-state index in [9.17, 15) is 9.59 Å². The maximum atomic E-state index is 12.8. The average Bonchev–Trinajstić information content (AvgIpc) is 3.06. The first-order valence-corrected chi connectivity index (χ1v) is 11.4. The van der Waals surface area contributed by atoms with Crippen LogP contribution in [0.1, 0.15) is 46.1 Å². The molecule has 1 fully saturated rings. The summed E-state index contributed by atoms with van der Waals surface area (Å²) < 4.78 is 17.6. The van der Waals surface area contributed by atoms with Crippen LogP contribution < -0.4 is 10.4 Å². The van der Waals surface area contributed by atoms with Crippen LogP contribution >= 0.6 is 0 Å². The maximum Gasteiger partial charge on any atom is 0.344 e. The van der Waals surface area contributed by atoms with Crippen LogP contribution in [0.15, 0.2) is 69.9 Å². The van der Waals surface area contributed by atoms with Gasteiger partial charge >= 0.3 is 11.6 Å². The molecule has 172 valence electrons. The van der Waals surface area contributed by atoms with Crippen molar-refractivity contribution >= 4 is 16.9 Å². The number of benzene rings is 2. The molecule has 2 unspecified atom stereocenters. The van der Waals surface area contributed by atoms with Gasteiger partial charge < -0.3 is 13.9 Å². The lowest BCUT2D eigenvalue weighted by Gasteiger charge is -2.32. The molecule has 1 heterocycles. The molecule has 1 saturated carbocycles. The van der Waals surface area contributed by atoms with Gasteiger partial charge in [-0.25, -0.2) is 9.59 Å². The highest BCUT2D eigenvalue weighted by Gasteiger charge is 2.47. The van der Waals surface area contributed by atoms with Crippen molar-refractivity contribution in [1.29, 1.82) is 0 Å². The number of carbonyl (C=O) groups excluding carboxylic acids is 1. The molecule has 0 radical (unpaired) electrons. The Kier molecular flexibility index (Phi) is 6.15. The Balaban J connectivity index is 1.59. The number of carbonyl (C=O) groups is 1. The summed E-state index contributed by atoms with van der Waals surface area (Å²) in [6, 6.07) is 15.3. The molecule has 5 heteroatoms. The zero-order valence-corrected chi connectivity index (χ0v) is 19.6. The van der Waals surface area contributed by atoms with Gasteiger partial charge in [-0.05, 0) is 55.5 Å². The summed E-state index contributed by atoms with van der Waals surface area (Å²) in [5.41, 5.74) is 2.71. The molecule has 4 rings (SSSR count). The topological polar surface area (TPSA) is 65.7 Å². The number of rotatable bonds is 6. The van der Waals surface area contributed by atoms with Crippen molar-refractivity contribution in [3.63, 3.8) is 0 Å². The van der Waals surface area contributed by atoms with Crippen molar-refractivity contribution in [2.24, 2.45) is 5.41 Å². The van der Waals surface area contributed by atoms with Gasteiger partial charge in [-0.3, -0.25) is 0 Å². The highest BCUT2D eigenvalue weighted by molar-refractivity contribution is 5.87. The van der Waals surface area contributed by atoms with Gasteiger partial charge in [0.2, 0.25) is 0 Å². The second kappa shape index (κ2) is 8.89. The zero-order valence-electron chi connectivity index (χ0n) is 19.6. The quantitative estimate of drug-likeness (QED) is 0.261. The molecule has 1 aliphatic rings. The largest absolute Gasteiger partial charge is 0.490 e. The SMILES string of the molecule is C=C(C)C(=O)OC1CCC(Oc2ccc3cc(-c4ccccc4CC)c(=O)oc3c2)C1(C)C. The Morgan fingerprint density at radius 3 is 2.55 bits per heavy atom. The van der Waals surface area contributed by atoms with E-state index in [1.165, 1.54) is 0 Å². The maximum absolute atomic E-state index is 12.8. The Bertz CT molecular complexity index is 1270. The third-order valence-electron chi connectivity index (χ3n) is 6.62. The van der Waals surface area contributed by atoms with Crippen molar-refractivity contribution in [1.82, 2.24) is 0 Å². The molecule has 0 N–H and O–H groups in total. The average molecular weight is 447 g/mol. The van der Waals surface area contributed by atoms with Crippen LogP contribution in [0.4, 0.5) is 0 Å². The van der Waals surface area contributed by atoms with Gasteiger partial charge in [-0.15, -0.1) is 0 Å². The van der Waals surface area contributed by atoms with Gasteiger partial charge in [0.15, 0.2) is 0 Å². The zero-order chi connectivity index (χ0) is 23.8. The van der Waals surface area contributed by atoms with Crippen LogP contribution in [0.3, 0.4) is 0 Å². The fraction of sp³-hybridized carbons (Fsp3) is 0.357. The predicted octanol–water partition coefficient (Wildman–Crippen LogP) is 6.08. The third kappa shape index (κ3) is 4.45. The van der Waals surface area contributed by atoms with Gasteiger partial charge in [-0.2, -0.15) is 0 Å². The number of aryl methyl sites for hydroxylation is 1. The molecule has 2 atom stereocenters. The molecule has 1 aliphatic carbocycles. The highest BCUT2D eigenvalue weighted by atomic mass is 16.6.